The number of hydrogen-bond donors (Lipinski definition) is 1. The first kappa shape index (κ1) is 24.5. The van der Waals surface area contributed by atoms with Gasteiger partial charge in [-0.1, -0.05) is 12.1 Å². The zero-order valence-electron chi connectivity index (χ0n) is 20.2. The maximum atomic E-state index is 13.0. The predicted octanol–water partition coefficient (Wildman–Crippen LogP) is 3.59. The number of nitrogens with one attached hydrogen (secondary N) is 1. The van der Waals surface area contributed by atoms with Gasteiger partial charge in [-0.05, 0) is 61.1 Å². The summed E-state index contributed by atoms with van der Waals surface area (Å²) in [6, 6.07) is 7.98. The number of rotatable bonds is 6. The molecule has 0 aliphatic carbocycles. The third kappa shape index (κ3) is 5.07. The second kappa shape index (κ2) is 10.5. The molecule has 1 unspecified atom stereocenters. The summed E-state index contributed by atoms with van der Waals surface area (Å²) in [7, 11) is 0. The number of thiophene rings is 1. The van der Waals surface area contributed by atoms with E-state index in [0.717, 1.165) is 60.5 Å². The quantitative estimate of drug-likeness (QED) is 0.435. The smallest absolute Gasteiger partial charge is 0.222 e. The third-order valence-electron chi connectivity index (χ3n) is 6.59. The molecule has 1 aromatic carbocycles. The fourth-order valence-electron chi connectivity index (χ4n) is 4.56. The molecule has 2 aromatic heterocycles. The summed E-state index contributed by atoms with van der Waals surface area (Å²) in [4.78, 5) is 21.8. The van der Waals surface area contributed by atoms with Crippen LogP contribution in [0.4, 0.5) is 0 Å². The summed E-state index contributed by atoms with van der Waals surface area (Å²) < 4.78 is 8.67. The standard InChI is InChI=1S/C25H29IN6O2S/c1-15-16(2)35-25-22(15)23(18-4-6-19(26)7-5-18)28-20(24-30-29-17(3)32(24)25)14-21(33)27-8-9-31-10-12-34-13-11-31/h4-7,20H,8-14H2,1-3H3,(H,27,33). The van der Waals surface area contributed by atoms with Crippen LogP contribution in [0.3, 0.4) is 0 Å². The van der Waals surface area contributed by atoms with Crippen LogP contribution in [0.5, 0.6) is 0 Å². The van der Waals surface area contributed by atoms with Gasteiger partial charge in [-0.2, -0.15) is 0 Å². The van der Waals surface area contributed by atoms with Gasteiger partial charge in [0, 0.05) is 45.8 Å². The van der Waals surface area contributed by atoms with E-state index in [9.17, 15) is 4.79 Å². The SMILES string of the molecule is Cc1sc2c(c1C)C(c1ccc(I)cc1)=NC(CC(=O)NCCN1CCOCC1)c1nnc(C)n1-2. The number of aliphatic imine (C=N–C) groups is 1. The Morgan fingerprint density at radius 2 is 1.91 bits per heavy atom. The number of carbonyl (C=O) groups is 1. The average molecular weight is 605 g/mol. The number of hydrogen-bond acceptors (Lipinski definition) is 7. The zero-order chi connectivity index (χ0) is 24.5. The highest BCUT2D eigenvalue weighted by atomic mass is 127. The van der Waals surface area contributed by atoms with Gasteiger partial charge in [0.05, 0.1) is 25.3 Å². The molecule has 0 bridgehead atoms. The Bertz CT molecular complexity index is 1260. The second-order valence-electron chi connectivity index (χ2n) is 8.91. The first-order valence-corrected chi connectivity index (χ1v) is 13.7. The van der Waals surface area contributed by atoms with Crippen molar-refractivity contribution in [2.24, 2.45) is 4.99 Å². The molecule has 10 heteroatoms. The Morgan fingerprint density at radius 1 is 1.17 bits per heavy atom. The maximum Gasteiger partial charge on any atom is 0.222 e. The molecule has 5 rings (SSSR count). The number of aromatic nitrogens is 3. The Hall–Kier alpha value is -2.15. The van der Waals surface area contributed by atoms with Gasteiger partial charge in [0.2, 0.25) is 5.91 Å². The van der Waals surface area contributed by atoms with Gasteiger partial charge in [0.15, 0.2) is 5.82 Å². The van der Waals surface area contributed by atoms with E-state index in [-0.39, 0.29) is 12.3 Å². The van der Waals surface area contributed by atoms with Gasteiger partial charge in [-0.15, -0.1) is 21.5 Å². The van der Waals surface area contributed by atoms with Crippen LogP contribution in [0.2, 0.25) is 0 Å². The van der Waals surface area contributed by atoms with Gasteiger partial charge in [-0.3, -0.25) is 19.3 Å². The van der Waals surface area contributed by atoms with E-state index in [1.165, 1.54) is 14.0 Å². The van der Waals surface area contributed by atoms with Crippen molar-refractivity contribution in [3.05, 3.63) is 61.1 Å². The lowest BCUT2D eigenvalue weighted by atomic mass is 9.99. The molecule has 2 aliphatic rings. The second-order valence-corrected chi connectivity index (χ2v) is 11.4. The Kier molecular flexibility index (Phi) is 7.33. The van der Waals surface area contributed by atoms with Crippen molar-refractivity contribution in [2.45, 2.75) is 33.2 Å². The van der Waals surface area contributed by atoms with Crippen molar-refractivity contribution in [3.63, 3.8) is 0 Å². The first-order chi connectivity index (χ1) is 16.9. The van der Waals surface area contributed by atoms with E-state index in [1.54, 1.807) is 11.3 Å². The molecule has 3 aromatic rings. The van der Waals surface area contributed by atoms with Gasteiger partial charge in [0.1, 0.15) is 16.9 Å². The summed E-state index contributed by atoms with van der Waals surface area (Å²) in [5.74, 6) is 1.49. The normalized spacial score (nSPS) is 17.9. The highest BCUT2D eigenvalue weighted by Crippen LogP contribution is 2.39. The highest BCUT2D eigenvalue weighted by molar-refractivity contribution is 14.1. The number of nitrogens with zero attached hydrogens (tertiary/aromatic N) is 5. The molecule has 1 amide bonds. The predicted molar refractivity (Wildman–Crippen MR) is 146 cm³/mol. The first-order valence-electron chi connectivity index (χ1n) is 11.9. The van der Waals surface area contributed by atoms with Gasteiger partial charge in [-0.25, -0.2) is 0 Å². The largest absolute Gasteiger partial charge is 0.379 e. The number of carbonyl (C=O) groups excluding carboxylic acids is 1. The summed E-state index contributed by atoms with van der Waals surface area (Å²) in [6.45, 7) is 11.0. The topological polar surface area (TPSA) is 84.6 Å². The fraction of sp³-hybridized carbons (Fsp3) is 0.440. The highest BCUT2D eigenvalue weighted by Gasteiger charge is 2.32. The number of morpholine rings is 1. The monoisotopic (exact) mass is 604 g/mol. The van der Waals surface area contributed by atoms with Crippen LogP contribution in [0, 0.1) is 24.3 Å². The van der Waals surface area contributed by atoms with Crippen molar-refractivity contribution < 1.29 is 9.53 Å². The molecule has 35 heavy (non-hydrogen) atoms. The number of ether oxygens (including phenoxy) is 1. The van der Waals surface area contributed by atoms with Crippen molar-refractivity contribution in [3.8, 4) is 5.00 Å². The van der Waals surface area contributed by atoms with Crippen molar-refractivity contribution in [2.75, 3.05) is 39.4 Å². The molecule has 2 aliphatic heterocycles. The lowest BCUT2D eigenvalue weighted by Gasteiger charge is -2.26. The molecule has 1 saturated heterocycles. The molecule has 1 atom stereocenters. The van der Waals surface area contributed by atoms with Crippen molar-refractivity contribution >= 4 is 45.5 Å². The van der Waals surface area contributed by atoms with Crippen LogP contribution in [-0.4, -0.2) is 70.7 Å². The van der Waals surface area contributed by atoms with Gasteiger partial charge < -0.3 is 10.1 Å². The molecular formula is C25H29IN6O2S. The number of benzene rings is 1. The van der Waals surface area contributed by atoms with Crippen molar-refractivity contribution in [1.82, 2.24) is 25.0 Å². The molecular weight excluding hydrogens is 575 g/mol. The minimum atomic E-state index is -0.423. The van der Waals surface area contributed by atoms with Crippen molar-refractivity contribution in [1.29, 1.82) is 0 Å². The lowest BCUT2D eigenvalue weighted by Crippen LogP contribution is -2.41. The molecule has 0 saturated carbocycles. The van der Waals surface area contributed by atoms with Crippen LogP contribution >= 0.6 is 33.9 Å². The van der Waals surface area contributed by atoms with E-state index in [1.807, 2.05) is 6.92 Å². The van der Waals surface area contributed by atoms with Crippen LogP contribution in [0.1, 0.15) is 45.7 Å². The number of halogens is 1. The van der Waals surface area contributed by atoms with E-state index in [0.29, 0.717) is 12.4 Å². The average Bonchev–Trinajstić information content (AvgIpc) is 3.32. The lowest BCUT2D eigenvalue weighted by molar-refractivity contribution is -0.121. The zero-order valence-corrected chi connectivity index (χ0v) is 23.1. The van der Waals surface area contributed by atoms with Crippen LogP contribution in [-0.2, 0) is 9.53 Å². The van der Waals surface area contributed by atoms with Crippen LogP contribution in [0.15, 0.2) is 29.3 Å². The van der Waals surface area contributed by atoms with Gasteiger partial charge >= 0.3 is 0 Å². The maximum absolute atomic E-state index is 13.0. The minimum Gasteiger partial charge on any atom is -0.379 e. The minimum absolute atomic E-state index is 0.0284. The number of aryl methyl sites for hydroxylation is 2. The Balaban J connectivity index is 1.46. The number of fused-ring (bicyclic) bond motifs is 3. The molecule has 0 spiro atoms. The third-order valence-corrected chi connectivity index (χ3v) is 8.50. The van der Waals surface area contributed by atoms with E-state index in [4.69, 9.17) is 9.73 Å². The van der Waals surface area contributed by atoms with E-state index in [2.05, 4.69) is 85.7 Å². The number of amides is 1. The summed E-state index contributed by atoms with van der Waals surface area (Å²) in [5.41, 5.74) is 4.26. The Morgan fingerprint density at radius 3 is 2.66 bits per heavy atom. The summed E-state index contributed by atoms with van der Waals surface area (Å²) >= 11 is 4.04. The summed E-state index contributed by atoms with van der Waals surface area (Å²) in [6.07, 6.45) is 0.224. The molecule has 184 valence electrons. The van der Waals surface area contributed by atoms with Gasteiger partial charge in [0.25, 0.3) is 0 Å². The van der Waals surface area contributed by atoms with Crippen LogP contribution in [0.25, 0.3) is 5.00 Å². The van der Waals surface area contributed by atoms with E-state index < -0.39 is 6.04 Å². The molecule has 0 radical (unpaired) electrons. The Labute approximate surface area is 222 Å². The van der Waals surface area contributed by atoms with E-state index >= 15 is 0 Å². The summed E-state index contributed by atoms with van der Waals surface area (Å²) in [5, 5.41) is 13.0. The molecule has 8 nitrogen and oxygen atoms in total. The molecule has 1 N–H and O–H groups in total. The molecule has 1 fully saturated rings. The van der Waals surface area contributed by atoms with Crippen LogP contribution < -0.4 is 5.32 Å². The fourth-order valence-corrected chi connectivity index (χ4v) is 6.13. The molecule has 4 heterocycles.